The Morgan fingerprint density at radius 1 is 1.33 bits per heavy atom. The van der Waals surface area contributed by atoms with Crippen LogP contribution < -0.4 is 9.64 Å². The van der Waals surface area contributed by atoms with Gasteiger partial charge in [-0.25, -0.2) is 0 Å². The third kappa shape index (κ3) is 4.84. The molecule has 0 aliphatic rings. The van der Waals surface area contributed by atoms with Crippen molar-refractivity contribution in [3.63, 3.8) is 0 Å². The molecule has 0 saturated carbocycles. The van der Waals surface area contributed by atoms with Crippen LogP contribution in [0.1, 0.15) is 12.0 Å². The summed E-state index contributed by atoms with van der Waals surface area (Å²) in [6.45, 7) is 4.06. The molecule has 2 nitrogen and oxygen atoms in total. The fourth-order valence-electron chi connectivity index (χ4n) is 1.38. The van der Waals surface area contributed by atoms with Crippen molar-refractivity contribution >= 4 is 22.6 Å². The fraction of sp³-hybridized carbons (Fsp3) is 0.500. The van der Waals surface area contributed by atoms with Crippen molar-refractivity contribution < 1.29 is 9.64 Å². The van der Waals surface area contributed by atoms with Gasteiger partial charge in [0, 0.05) is 9.99 Å². The van der Waals surface area contributed by atoms with E-state index < -0.39 is 0 Å². The van der Waals surface area contributed by atoms with E-state index in [1.807, 2.05) is 0 Å². The number of rotatable bonds is 5. The molecule has 0 unspecified atom stereocenters. The van der Waals surface area contributed by atoms with E-state index in [1.165, 1.54) is 14.0 Å². The number of halogens is 1. The van der Waals surface area contributed by atoms with Crippen molar-refractivity contribution in [1.29, 1.82) is 0 Å². The second kappa shape index (κ2) is 6.33. The Labute approximate surface area is 106 Å². The maximum atomic E-state index is 5.73. The van der Waals surface area contributed by atoms with E-state index in [2.05, 4.69) is 61.8 Å². The maximum Gasteiger partial charge on any atom is 0.122 e. The second-order valence-electron chi connectivity index (χ2n) is 4.07. The molecule has 0 aliphatic carbocycles. The molecule has 1 N–H and O–H groups in total. The molecule has 3 heteroatoms. The number of quaternary nitrogens is 1. The minimum absolute atomic E-state index is 0.812. The van der Waals surface area contributed by atoms with Gasteiger partial charge >= 0.3 is 0 Å². The lowest BCUT2D eigenvalue weighted by molar-refractivity contribution is -0.858. The van der Waals surface area contributed by atoms with Gasteiger partial charge < -0.3 is 9.64 Å². The van der Waals surface area contributed by atoms with E-state index in [0.717, 1.165) is 25.3 Å². The molecule has 0 saturated heterocycles. The van der Waals surface area contributed by atoms with Crippen LogP contribution in [-0.2, 0) is 0 Å². The van der Waals surface area contributed by atoms with Crippen LogP contribution in [0, 0.1) is 10.5 Å². The summed E-state index contributed by atoms with van der Waals surface area (Å²) >= 11 is 2.32. The molecule has 1 aromatic rings. The molecular formula is C12H19INO+. The molecule has 1 aromatic carbocycles. The van der Waals surface area contributed by atoms with Crippen LogP contribution in [0.2, 0.25) is 0 Å². The van der Waals surface area contributed by atoms with Gasteiger partial charge in [0.15, 0.2) is 0 Å². The lowest BCUT2D eigenvalue weighted by Gasteiger charge is -2.10. The lowest BCUT2D eigenvalue weighted by atomic mass is 10.2. The highest BCUT2D eigenvalue weighted by atomic mass is 127. The van der Waals surface area contributed by atoms with Gasteiger partial charge in [-0.05, 0) is 53.3 Å². The normalized spacial score (nSPS) is 10.7. The summed E-state index contributed by atoms with van der Waals surface area (Å²) in [6.07, 6.45) is 1.10. The molecule has 0 heterocycles. The van der Waals surface area contributed by atoms with Crippen LogP contribution in [0.4, 0.5) is 0 Å². The number of ether oxygens (including phenoxy) is 1. The molecule has 0 atom stereocenters. The van der Waals surface area contributed by atoms with Crippen molar-refractivity contribution in [3.8, 4) is 5.75 Å². The maximum absolute atomic E-state index is 5.73. The summed E-state index contributed by atoms with van der Waals surface area (Å²) < 4.78 is 6.98. The number of nitrogens with one attached hydrogen (secondary N) is 1. The highest BCUT2D eigenvalue weighted by Crippen LogP contribution is 2.19. The van der Waals surface area contributed by atoms with Gasteiger partial charge in [0.1, 0.15) is 5.75 Å². The Morgan fingerprint density at radius 3 is 2.67 bits per heavy atom. The summed E-state index contributed by atoms with van der Waals surface area (Å²) in [7, 11) is 4.33. The van der Waals surface area contributed by atoms with Gasteiger partial charge in [-0.2, -0.15) is 0 Å². The predicted molar refractivity (Wildman–Crippen MR) is 71.7 cm³/mol. The first kappa shape index (κ1) is 12.8. The number of benzene rings is 1. The fourth-order valence-corrected chi connectivity index (χ4v) is 2.03. The first-order valence-electron chi connectivity index (χ1n) is 5.27. The molecule has 0 amide bonds. The first-order valence-corrected chi connectivity index (χ1v) is 6.35. The minimum atomic E-state index is 0.812. The standard InChI is InChI=1S/C12H18INO/c1-10-9-11(13)5-6-12(10)15-8-4-7-14(2)3/h5-6,9H,4,7-8H2,1-3H3/p+1. The SMILES string of the molecule is Cc1cc(I)ccc1OCCC[NH+](C)C. The highest BCUT2D eigenvalue weighted by Gasteiger charge is 2.00. The lowest BCUT2D eigenvalue weighted by Crippen LogP contribution is -3.05. The van der Waals surface area contributed by atoms with E-state index in [0.29, 0.717) is 0 Å². The molecule has 0 radical (unpaired) electrons. The van der Waals surface area contributed by atoms with Crippen LogP contribution >= 0.6 is 22.6 Å². The molecule has 1 rings (SSSR count). The van der Waals surface area contributed by atoms with Crippen molar-refractivity contribution in [1.82, 2.24) is 0 Å². The Hall–Kier alpha value is -0.290. The minimum Gasteiger partial charge on any atom is -0.493 e. The number of hydrogen-bond donors (Lipinski definition) is 1. The topological polar surface area (TPSA) is 13.7 Å². The Balaban J connectivity index is 2.37. The zero-order valence-electron chi connectivity index (χ0n) is 9.64. The zero-order valence-corrected chi connectivity index (χ0v) is 11.8. The average Bonchev–Trinajstić information content (AvgIpc) is 2.14. The average molecular weight is 320 g/mol. The van der Waals surface area contributed by atoms with Crippen molar-refractivity contribution in [2.24, 2.45) is 0 Å². The van der Waals surface area contributed by atoms with E-state index in [-0.39, 0.29) is 0 Å². The van der Waals surface area contributed by atoms with E-state index in [9.17, 15) is 0 Å². The molecular weight excluding hydrogens is 301 g/mol. The van der Waals surface area contributed by atoms with Gasteiger partial charge in [-0.3, -0.25) is 0 Å². The highest BCUT2D eigenvalue weighted by molar-refractivity contribution is 14.1. The van der Waals surface area contributed by atoms with E-state index >= 15 is 0 Å². The summed E-state index contributed by atoms with van der Waals surface area (Å²) in [5, 5.41) is 0. The Morgan fingerprint density at radius 2 is 2.07 bits per heavy atom. The third-order valence-corrected chi connectivity index (χ3v) is 2.89. The van der Waals surface area contributed by atoms with E-state index in [4.69, 9.17) is 4.74 Å². The third-order valence-electron chi connectivity index (χ3n) is 2.22. The molecule has 0 fully saturated rings. The predicted octanol–water partition coefficient (Wildman–Crippen LogP) is 1.51. The van der Waals surface area contributed by atoms with Crippen LogP contribution in [0.25, 0.3) is 0 Å². The zero-order chi connectivity index (χ0) is 11.3. The van der Waals surface area contributed by atoms with Crippen LogP contribution in [0.15, 0.2) is 18.2 Å². The summed E-state index contributed by atoms with van der Waals surface area (Å²) in [5.74, 6) is 1.02. The first-order chi connectivity index (χ1) is 7.09. The number of hydrogen-bond acceptors (Lipinski definition) is 1. The van der Waals surface area contributed by atoms with E-state index in [1.54, 1.807) is 0 Å². The second-order valence-corrected chi connectivity index (χ2v) is 5.31. The molecule has 0 aliphatic heterocycles. The summed E-state index contributed by atoms with van der Waals surface area (Å²) in [6, 6.07) is 6.28. The summed E-state index contributed by atoms with van der Waals surface area (Å²) in [4.78, 5) is 1.47. The van der Waals surface area contributed by atoms with Crippen molar-refractivity contribution in [3.05, 3.63) is 27.3 Å². The smallest absolute Gasteiger partial charge is 0.122 e. The molecule has 0 spiro atoms. The van der Waals surface area contributed by atoms with Crippen molar-refractivity contribution in [2.45, 2.75) is 13.3 Å². The number of aryl methyl sites for hydroxylation is 1. The largest absolute Gasteiger partial charge is 0.493 e. The van der Waals surface area contributed by atoms with Crippen LogP contribution in [-0.4, -0.2) is 27.2 Å². The Kier molecular flexibility index (Phi) is 5.39. The molecule has 84 valence electrons. The van der Waals surface area contributed by atoms with Crippen LogP contribution in [0.5, 0.6) is 5.75 Å². The van der Waals surface area contributed by atoms with Crippen molar-refractivity contribution in [2.75, 3.05) is 27.2 Å². The van der Waals surface area contributed by atoms with Gasteiger partial charge in [0.05, 0.1) is 27.2 Å². The van der Waals surface area contributed by atoms with Crippen LogP contribution in [0.3, 0.4) is 0 Å². The van der Waals surface area contributed by atoms with Gasteiger partial charge in [0.25, 0.3) is 0 Å². The quantitative estimate of drug-likeness (QED) is 0.641. The van der Waals surface area contributed by atoms with Gasteiger partial charge in [-0.1, -0.05) is 0 Å². The monoisotopic (exact) mass is 320 g/mol. The van der Waals surface area contributed by atoms with Gasteiger partial charge in [0.2, 0.25) is 0 Å². The Bertz CT molecular complexity index is 312. The molecule has 0 aromatic heterocycles. The van der Waals surface area contributed by atoms with Gasteiger partial charge in [-0.15, -0.1) is 0 Å². The summed E-state index contributed by atoms with van der Waals surface area (Å²) in [5.41, 5.74) is 1.22. The molecule has 0 bridgehead atoms. The molecule has 15 heavy (non-hydrogen) atoms.